The van der Waals surface area contributed by atoms with Crippen molar-refractivity contribution in [3.05, 3.63) is 53.7 Å². The molecule has 0 aliphatic heterocycles. The van der Waals surface area contributed by atoms with Gasteiger partial charge in [0, 0.05) is 23.1 Å². The molecule has 12 heteroatoms. The number of nitro groups is 1. The number of thiophene rings is 1. The Bertz CT molecular complexity index is 1020. The van der Waals surface area contributed by atoms with Crippen LogP contribution in [0.4, 0.5) is 5.69 Å². The van der Waals surface area contributed by atoms with E-state index in [0.29, 0.717) is 4.88 Å². The Hall–Kier alpha value is -2.69. The highest BCUT2D eigenvalue weighted by Crippen LogP contribution is 2.36. The van der Waals surface area contributed by atoms with Gasteiger partial charge in [-0.25, -0.2) is 0 Å². The molecule has 9 nitrogen and oxygen atoms in total. The predicted octanol–water partition coefficient (Wildman–Crippen LogP) is 3.54. The molecule has 0 fully saturated rings. The monoisotopic (exact) mass is 473 g/mol. The molecule has 3 N–H and O–H groups in total. The maximum Gasteiger partial charge on any atom is 0.283 e. The smallest absolute Gasteiger partial charge is 0.283 e. The van der Waals surface area contributed by atoms with Gasteiger partial charge in [0.25, 0.3) is 11.6 Å². The molecule has 1 aromatic heterocycles. The van der Waals surface area contributed by atoms with E-state index in [1.807, 2.05) is 0 Å². The SMILES string of the molecule is CC(=O)C[C@H](NC(=O)CNC(=O)c1cc([N+](=O)[O-])c(C)s1)c1cc(Cl)cc(Cl)c1O. The molecule has 1 heterocycles. The Morgan fingerprint density at radius 1 is 1.27 bits per heavy atom. The minimum atomic E-state index is -0.923. The lowest BCUT2D eigenvalue weighted by molar-refractivity contribution is -0.385. The number of carbonyl (C=O) groups is 3. The Kier molecular flexibility index (Phi) is 7.77. The second-order valence-corrected chi connectivity index (χ2v) is 8.44. The minimum Gasteiger partial charge on any atom is -0.506 e. The summed E-state index contributed by atoms with van der Waals surface area (Å²) in [5, 5.41) is 26.2. The minimum absolute atomic E-state index is 0.0386. The molecule has 2 amide bonds. The summed E-state index contributed by atoms with van der Waals surface area (Å²) in [4.78, 5) is 46.9. The number of hydrogen-bond acceptors (Lipinski definition) is 7. The third-order valence-corrected chi connectivity index (χ3v) is 5.53. The fourth-order valence-corrected chi connectivity index (χ4v) is 4.05. The molecular formula is C18H17Cl2N3O6S. The van der Waals surface area contributed by atoms with Gasteiger partial charge in [-0.05, 0) is 26.0 Å². The molecule has 160 valence electrons. The van der Waals surface area contributed by atoms with E-state index in [0.717, 1.165) is 17.4 Å². The van der Waals surface area contributed by atoms with Crippen molar-refractivity contribution in [1.82, 2.24) is 10.6 Å². The van der Waals surface area contributed by atoms with E-state index >= 15 is 0 Å². The Morgan fingerprint density at radius 3 is 2.50 bits per heavy atom. The fraction of sp³-hybridized carbons (Fsp3) is 0.278. The molecular weight excluding hydrogens is 457 g/mol. The van der Waals surface area contributed by atoms with Crippen LogP contribution in [0.25, 0.3) is 0 Å². The predicted molar refractivity (Wildman–Crippen MR) is 112 cm³/mol. The molecule has 2 aromatic rings. The molecule has 0 aliphatic carbocycles. The van der Waals surface area contributed by atoms with Crippen LogP contribution in [0.3, 0.4) is 0 Å². The maximum absolute atomic E-state index is 12.3. The van der Waals surface area contributed by atoms with E-state index in [4.69, 9.17) is 23.2 Å². The van der Waals surface area contributed by atoms with Crippen molar-refractivity contribution in [2.45, 2.75) is 26.3 Å². The first-order chi connectivity index (χ1) is 14.0. The van der Waals surface area contributed by atoms with E-state index < -0.39 is 29.3 Å². The number of amides is 2. The van der Waals surface area contributed by atoms with Crippen LogP contribution in [0.15, 0.2) is 18.2 Å². The number of aromatic hydroxyl groups is 1. The van der Waals surface area contributed by atoms with Crippen molar-refractivity contribution >= 4 is 57.8 Å². The average Bonchev–Trinajstić information content (AvgIpc) is 3.04. The van der Waals surface area contributed by atoms with Gasteiger partial charge in [-0.1, -0.05) is 23.2 Å². The van der Waals surface area contributed by atoms with Gasteiger partial charge in [0.15, 0.2) is 0 Å². The van der Waals surface area contributed by atoms with Gasteiger partial charge in [-0.15, -0.1) is 11.3 Å². The summed E-state index contributed by atoms with van der Waals surface area (Å²) in [5.41, 5.74) is -0.0173. The highest BCUT2D eigenvalue weighted by atomic mass is 35.5. The van der Waals surface area contributed by atoms with Crippen LogP contribution in [0, 0.1) is 17.0 Å². The highest BCUT2D eigenvalue weighted by Gasteiger charge is 2.23. The lowest BCUT2D eigenvalue weighted by Gasteiger charge is -2.20. The number of nitrogens with one attached hydrogen (secondary N) is 2. The third kappa shape index (κ3) is 5.91. The van der Waals surface area contributed by atoms with E-state index in [-0.39, 0.29) is 44.1 Å². The number of rotatable bonds is 8. The molecule has 30 heavy (non-hydrogen) atoms. The van der Waals surface area contributed by atoms with Crippen LogP contribution in [-0.2, 0) is 9.59 Å². The zero-order valence-electron chi connectivity index (χ0n) is 15.8. The van der Waals surface area contributed by atoms with Gasteiger partial charge in [0.1, 0.15) is 11.5 Å². The average molecular weight is 474 g/mol. The van der Waals surface area contributed by atoms with E-state index in [1.54, 1.807) is 0 Å². The fourth-order valence-electron chi connectivity index (χ4n) is 2.64. The highest BCUT2D eigenvalue weighted by molar-refractivity contribution is 7.14. The second-order valence-electron chi connectivity index (χ2n) is 6.34. The van der Waals surface area contributed by atoms with Crippen LogP contribution in [-0.4, -0.2) is 34.2 Å². The van der Waals surface area contributed by atoms with Crippen LogP contribution >= 0.6 is 34.5 Å². The molecule has 0 aliphatic rings. The molecule has 1 aromatic carbocycles. The lowest BCUT2D eigenvalue weighted by atomic mass is 10.0. The number of carbonyl (C=O) groups excluding carboxylic acids is 3. The number of aryl methyl sites for hydroxylation is 1. The summed E-state index contributed by atoms with van der Waals surface area (Å²) in [5.74, 6) is -1.88. The van der Waals surface area contributed by atoms with Crippen molar-refractivity contribution in [3.63, 3.8) is 0 Å². The number of nitrogens with zero attached hydrogens (tertiary/aromatic N) is 1. The largest absolute Gasteiger partial charge is 0.506 e. The number of ketones is 1. The maximum atomic E-state index is 12.3. The standard InChI is InChI=1S/C18H17Cl2N3O6S/c1-8(24)3-13(11-4-10(19)5-12(20)17(11)26)22-16(25)7-21-18(27)15-6-14(23(28)29)9(2)30-15/h4-6,13,26H,3,7H2,1-2H3,(H,21,27)(H,22,25)/t13-/m0/s1. The van der Waals surface area contributed by atoms with E-state index in [9.17, 15) is 29.6 Å². The normalized spacial score (nSPS) is 11.6. The molecule has 2 rings (SSSR count). The van der Waals surface area contributed by atoms with Crippen molar-refractivity contribution in [2.75, 3.05) is 6.54 Å². The zero-order valence-corrected chi connectivity index (χ0v) is 18.2. The molecule has 0 bridgehead atoms. The molecule has 0 saturated carbocycles. The van der Waals surface area contributed by atoms with Gasteiger partial charge in [0.05, 0.1) is 32.3 Å². The summed E-state index contributed by atoms with van der Waals surface area (Å²) in [6.07, 6.45) is -0.139. The third-order valence-electron chi connectivity index (χ3n) is 3.98. The summed E-state index contributed by atoms with van der Waals surface area (Å²) in [7, 11) is 0. The van der Waals surface area contributed by atoms with Crippen LogP contribution in [0.1, 0.15) is 39.5 Å². The molecule has 0 spiro atoms. The zero-order chi connectivity index (χ0) is 22.6. The first-order valence-electron chi connectivity index (χ1n) is 8.49. The summed E-state index contributed by atoms with van der Waals surface area (Å²) in [6, 6.07) is 2.91. The first kappa shape index (κ1) is 23.6. The molecule has 1 atom stereocenters. The summed E-state index contributed by atoms with van der Waals surface area (Å²) >= 11 is 12.8. The number of Topliss-reactive ketones (excluding diaryl/α,β-unsaturated/α-hetero) is 1. The Balaban J connectivity index is 2.10. The Morgan fingerprint density at radius 2 is 1.93 bits per heavy atom. The van der Waals surface area contributed by atoms with Crippen LogP contribution < -0.4 is 10.6 Å². The van der Waals surface area contributed by atoms with E-state index in [1.165, 1.54) is 26.0 Å². The quantitative estimate of drug-likeness (QED) is 0.395. The number of benzene rings is 1. The second kappa shape index (κ2) is 9.88. The molecule has 0 unspecified atom stereocenters. The lowest BCUT2D eigenvalue weighted by Crippen LogP contribution is -2.39. The van der Waals surface area contributed by atoms with Crippen molar-refractivity contribution < 1.29 is 24.4 Å². The van der Waals surface area contributed by atoms with Crippen LogP contribution in [0.2, 0.25) is 10.0 Å². The van der Waals surface area contributed by atoms with Gasteiger partial charge < -0.3 is 15.7 Å². The molecule has 0 radical (unpaired) electrons. The number of halogens is 2. The van der Waals surface area contributed by atoms with Gasteiger partial charge in [0.2, 0.25) is 5.91 Å². The van der Waals surface area contributed by atoms with E-state index in [2.05, 4.69) is 10.6 Å². The number of phenolic OH excluding ortho intramolecular Hbond substituents is 1. The molecule has 0 saturated heterocycles. The number of hydrogen-bond donors (Lipinski definition) is 3. The first-order valence-corrected chi connectivity index (χ1v) is 10.1. The van der Waals surface area contributed by atoms with Crippen molar-refractivity contribution in [3.8, 4) is 5.75 Å². The van der Waals surface area contributed by atoms with Crippen LogP contribution in [0.5, 0.6) is 5.75 Å². The van der Waals surface area contributed by atoms with Crippen molar-refractivity contribution in [1.29, 1.82) is 0 Å². The van der Waals surface area contributed by atoms with Gasteiger partial charge >= 0.3 is 0 Å². The Labute approximate surface area is 185 Å². The van der Waals surface area contributed by atoms with Gasteiger partial charge in [-0.3, -0.25) is 24.5 Å². The number of phenols is 1. The summed E-state index contributed by atoms with van der Waals surface area (Å²) < 4.78 is 0. The van der Waals surface area contributed by atoms with Gasteiger partial charge in [-0.2, -0.15) is 0 Å². The summed E-state index contributed by atoms with van der Waals surface area (Å²) in [6.45, 7) is 2.38. The van der Waals surface area contributed by atoms with Crippen molar-refractivity contribution in [2.24, 2.45) is 0 Å². The topological polar surface area (TPSA) is 139 Å².